The number of aromatic nitrogens is 2. The number of ether oxygens (including phenoxy) is 1. The minimum Gasteiger partial charge on any atom is -0.429 e. The number of alkyl halides is 2. The van der Waals surface area contributed by atoms with E-state index in [1.165, 1.54) is 24.3 Å². The zero-order chi connectivity index (χ0) is 31.4. The maximum absolute atomic E-state index is 15.0. The lowest BCUT2D eigenvalue weighted by atomic mass is 9.99. The first-order valence-corrected chi connectivity index (χ1v) is 13.8. The summed E-state index contributed by atoms with van der Waals surface area (Å²) in [6, 6.07) is 12.2. The molecule has 1 aromatic heterocycles. The van der Waals surface area contributed by atoms with Crippen molar-refractivity contribution in [2.24, 2.45) is 0 Å². The van der Waals surface area contributed by atoms with E-state index in [9.17, 15) is 30.7 Å². The molecule has 0 saturated heterocycles. The van der Waals surface area contributed by atoms with Crippen LogP contribution >= 0.6 is 0 Å². The molecule has 10 heteroatoms. The van der Waals surface area contributed by atoms with Gasteiger partial charge >= 0.3 is 6.11 Å². The highest BCUT2D eigenvalue weighted by atomic mass is 19.3. The molecule has 0 unspecified atom stereocenters. The van der Waals surface area contributed by atoms with Gasteiger partial charge < -0.3 is 4.74 Å². The predicted molar refractivity (Wildman–Crippen MR) is 152 cm³/mol. The maximum atomic E-state index is 15.0. The van der Waals surface area contributed by atoms with Crippen molar-refractivity contribution in [2.75, 3.05) is 0 Å². The topological polar surface area (TPSA) is 35.0 Å². The van der Waals surface area contributed by atoms with E-state index < -0.39 is 46.5 Å². The van der Waals surface area contributed by atoms with Crippen LogP contribution in [0, 0.1) is 29.1 Å². The molecule has 0 amide bonds. The fraction of sp³-hybridized carbons (Fsp3) is 0.176. The molecule has 44 heavy (non-hydrogen) atoms. The van der Waals surface area contributed by atoms with Crippen LogP contribution < -0.4 is 4.74 Å². The van der Waals surface area contributed by atoms with Crippen LogP contribution in [0.25, 0.3) is 33.6 Å². The third-order valence-electron chi connectivity index (χ3n) is 7.01. The van der Waals surface area contributed by atoms with Gasteiger partial charge in [0.05, 0.1) is 5.56 Å². The highest BCUT2D eigenvalue weighted by Gasteiger charge is 2.38. The van der Waals surface area contributed by atoms with E-state index in [4.69, 9.17) is 0 Å². The Labute approximate surface area is 249 Å². The van der Waals surface area contributed by atoms with Crippen LogP contribution in [-0.4, -0.2) is 9.97 Å². The molecule has 5 rings (SSSR count). The Balaban J connectivity index is 1.31. The molecule has 0 aliphatic heterocycles. The summed E-state index contributed by atoms with van der Waals surface area (Å²) in [5.41, 5.74) is -0.0149. The van der Waals surface area contributed by atoms with Crippen molar-refractivity contribution < 1.29 is 35.5 Å². The van der Waals surface area contributed by atoms with Crippen molar-refractivity contribution in [2.45, 2.75) is 38.7 Å². The second-order valence-corrected chi connectivity index (χ2v) is 10.2. The molecule has 1 heterocycles. The summed E-state index contributed by atoms with van der Waals surface area (Å²) in [7, 11) is 0. The van der Waals surface area contributed by atoms with Gasteiger partial charge in [-0.2, -0.15) is 8.78 Å². The van der Waals surface area contributed by atoms with E-state index in [0.29, 0.717) is 6.07 Å². The molecule has 0 N–H and O–H groups in total. The Morgan fingerprint density at radius 2 is 1.20 bits per heavy atom. The van der Waals surface area contributed by atoms with E-state index in [1.807, 2.05) is 0 Å². The van der Waals surface area contributed by atoms with Crippen LogP contribution in [0.2, 0.25) is 0 Å². The SMILES string of the molecule is CCCCCc1cnc(-c2ccc(C(F)(F)Oc3ccc(-c4ccc(-c5ccc(F)c(F)c5)c(F)c4)c(F)c3)c(F)c2)nc1. The minimum atomic E-state index is -4.17. The zero-order valence-electron chi connectivity index (χ0n) is 23.4. The zero-order valence-corrected chi connectivity index (χ0v) is 23.4. The summed E-state index contributed by atoms with van der Waals surface area (Å²) in [5, 5.41) is 0. The van der Waals surface area contributed by atoms with Gasteiger partial charge in [0.15, 0.2) is 17.5 Å². The number of unbranched alkanes of at least 4 members (excludes halogenated alkanes) is 2. The number of hydrogen-bond acceptors (Lipinski definition) is 3. The van der Waals surface area contributed by atoms with Crippen LogP contribution in [0.5, 0.6) is 5.75 Å². The van der Waals surface area contributed by atoms with Gasteiger partial charge in [0.2, 0.25) is 0 Å². The fourth-order valence-electron chi connectivity index (χ4n) is 4.68. The normalized spacial score (nSPS) is 11.5. The van der Waals surface area contributed by atoms with Crippen molar-refractivity contribution in [3.05, 3.63) is 125 Å². The Morgan fingerprint density at radius 3 is 1.82 bits per heavy atom. The smallest absolute Gasteiger partial charge is 0.429 e. The molecule has 0 radical (unpaired) electrons. The van der Waals surface area contributed by atoms with Crippen molar-refractivity contribution >= 4 is 0 Å². The van der Waals surface area contributed by atoms with Gasteiger partial charge in [-0.15, -0.1) is 0 Å². The number of hydrogen-bond donors (Lipinski definition) is 0. The van der Waals surface area contributed by atoms with Gasteiger partial charge in [-0.05, 0) is 72.0 Å². The standard InChI is InChI=1S/C34H25F7N2O/c1-2-3-4-5-20-18-42-33(43-19-20)23-7-12-27(31(38)16-23)34(40,41)44-24-9-11-26(30(37)17-24)21-6-10-25(29(36)14-21)22-8-13-28(35)32(39)15-22/h6-19H,2-5H2,1H3. The van der Waals surface area contributed by atoms with E-state index >= 15 is 0 Å². The molecule has 0 aliphatic rings. The van der Waals surface area contributed by atoms with E-state index in [-0.39, 0.29) is 33.6 Å². The van der Waals surface area contributed by atoms with E-state index in [2.05, 4.69) is 21.6 Å². The quantitative estimate of drug-likeness (QED) is 0.117. The number of rotatable bonds is 10. The number of aryl methyl sites for hydroxylation is 1. The Morgan fingerprint density at radius 1 is 0.614 bits per heavy atom. The van der Waals surface area contributed by atoms with Gasteiger partial charge in [-0.25, -0.2) is 31.9 Å². The largest absolute Gasteiger partial charge is 0.429 e. The Bertz CT molecular complexity index is 1790. The lowest BCUT2D eigenvalue weighted by molar-refractivity contribution is -0.187. The molecular weight excluding hydrogens is 585 g/mol. The van der Waals surface area contributed by atoms with Gasteiger partial charge in [-0.1, -0.05) is 44.0 Å². The first kappa shape index (κ1) is 30.7. The molecule has 4 aromatic carbocycles. The lowest BCUT2D eigenvalue weighted by Gasteiger charge is -2.19. The molecule has 0 saturated carbocycles. The molecule has 0 aliphatic carbocycles. The van der Waals surface area contributed by atoms with E-state index in [1.54, 1.807) is 12.4 Å². The Hall–Kier alpha value is -4.73. The summed E-state index contributed by atoms with van der Waals surface area (Å²) >= 11 is 0. The van der Waals surface area contributed by atoms with Crippen LogP contribution in [-0.2, 0) is 12.5 Å². The molecule has 0 atom stereocenters. The van der Waals surface area contributed by atoms with Gasteiger partial charge in [0.1, 0.15) is 23.2 Å². The molecule has 0 bridgehead atoms. The van der Waals surface area contributed by atoms with Crippen LogP contribution in [0.15, 0.2) is 85.2 Å². The summed E-state index contributed by atoms with van der Waals surface area (Å²) in [4.78, 5) is 8.43. The molecule has 0 spiro atoms. The molecular formula is C34H25F7N2O. The number of halogens is 7. The van der Waals surface area contributed by atoms with Crippen LogP contribution in [0.4, 0.5) is 30.7 Å². The van der Waals surface area contributed by atoms with E-state index in [0.717, 1.165) is 73.7 Å². The van der Waals surface area contributed by atoms with Gasteiger partial charge in [0.25, 0.3) is 0 Å². The van der Waals surface area contributed by atoms with Crippen LogP contribution in [0.1, 0.15) is 37.3 Å². The molecule has 0 fully saturated rings. The second kappa shape index (κ2) is 12.9. The average molecular weight is 611 g/mol. The highest BCUT2D eigenvalue weighted by molar-refractivity contribution is 5.72. The molecule has 3 nitrogen and oxygen atoms in total. The molecule has 226 valence electrons. The highest BCUT2D eigenvalue weighted by Crippen LogP contribution is 2.37. The number of nitrogens with zero attached hydrogens (tertiary/aromatic N) is 2. The minimum absolute atomic E-state index is 0.0494. The summed E-state index contributed by atoms with van der Waals surface area (Å²) in [6.07, 6.45) is 3.00. The van der Waals surface area contributed by atoms with Gasteiger partial charge in [-0.3, -0.25) is 0 Å². The van der Waals surface area contributed by atoms with Crippen molar-refractivity contribution in [3.63, 3.8) is 0 Å². The predicted octanol–water partition coefficient (Wildman–Crippen LogP) is 10.0. The maximum Gasteiger partial charge on any atom is 0.429 e. The lowest BCUT2D eigenvalue weighted by Crippen LogP contribution is -2.23. The fourth-order valence-corrected chi connectivity index (χ4v) is 4.68. The monoisotopic (exact) mass is 610 g/mol. The van der Waals surface area contributed by atoms with Crippen molar-refractivity contribution in [1.29, 1.82) is 0 Å². The third kappa shape index (κ3) is 6.74. The summed E-state index contributed by atoms with van der Waals surface area (Å²) < 4.78 is 106. The van der Waals surface area contributed by atoms with Crippen molar-refractivity contribution in [1.82, 2.24) is 9.97 Å². The average Bonchev–Trinajstić information content (AvgIpc) is 2.99. The third-order valence-corrected chi connectivity index (χ3v) is 7.01. The van der Waals surface area contributed by atoms with Gasteiger partial charge in [0, 0.05) is 35.2 Å². The number of benzene rings is 4. The Kier molecular flexibility index (Phi) is 8.98. The first-order valence-electron chi connectivity index (χ1n) is 13.8. The van der Waals surface area contributed by atoms with Crippen LogP contribution in [0.3, 0.4) is 0 Å². The molecule has 5 aromatic rings. The summed E-state index contributed by atoms with van der Waals surface area (Å²) in [5.74, 6) is -5.79. The first-order chi connectivity index (χ1) is 21.1. The summed E-state index contributed by atoms with van der Waals surface area (Å²) in [6.45, 7) is 2.09. The van der Waals surface area contributed by atoms with Crippen molar-refractivity contribution in [3.8, 4) is 39.4 Å². The second-order valence-electron chi connectivity index (χ2n) is 10.2.